The number of carbonyl (C=O) groups is 2. The lowest BCUT2D eigenvalue weighted by atomic mass is 9.93. The van der Waals surface area contributed by atoms with Crippen molar-refractivity contribution in [1.82, 2.24) is 5.32 Å². The third kappa shape index (κ3) is 3.09. The molecule has 0 saturated heterocycles. The molecule has 0 saturated carbocycles. The van der Waals surface area contributed by atoms with E-state index in [4.69, 9.17) is 4.42 Å². The summed E-state index contributed by atoms with van der Waals surface area (Å²) < 4.78 is 19.6. The number of fused-ring (bicyclic) bond motifs is 2. The van der Waals surface area contributed by atoms with Crippen molar-refractivity contribution in [3.05, 3.63) is 47.2 Å². The van der Waals surface area contributed by atoms with Gasteiger partial charge in [-0.25, -0.2) is 9.18 Å². The summed E-state index contributed by atoms with van der Waals surface area (Å²) in [5.41, 5.74) is 2.37. The van der Waals surface area contributed by atoms with Crippen LogP contribution < -0.4 is 16.0 Å². The Morgan fingerprint density at radius 3 is 3.04 bits per heavy atom. The number of anilines is 2. The van der Waals surface area contributed by atoms with Crippen LogP contribution in [-0.4, -0.2) is 11.9 Å². The number of aryl methyl sites for hydroxylation is 2. The van der Waals surface area contributed by atoms with Crippen LogP contribution in [0.2, 0.25) is 0 Å². The van der Waals surface area contributed by atoms with Crippen molar-refractivity contribution in [3.63, 3.8) is 0 Å². The second-order valence-electron chi connectivity index (χ2n) is 6.38. The van der Waals surface area contributed by atoms with E-state index in [2.05, 4.69) is 16.0 Å². The fraction of sp³-hybridized carbons (Fsp3) is 0.333. The molecule has 2 aromatic rings. The highest BCUT2D eigenvalue weighted by Gasteiger charge is 2.25. The number of hydrogen-bond acceptors (Lipinski definition) is 3. The summed E-state index contributed by atoms with van der Waals surface area (Å²) in [5, 5.41) is 8.09. The van der Waals surface area contributed by atoms with E-state index in [1.165, 1.54) is 6.07 Å². The number of halogens is 1. The lowest BCUT2D eigenvalue weighted by Crippen LogP contribution is -2.34. The van der Waals surface area contributed by atoms with Gasteiger partial charge in [0.15, 0.2) is 0 Å². The molecule has 25 heavy (non-hydrogen) atoms. The molecular weight excluding hydrogens is 325 g/mol. The Kier molecular flexibility index (Phi) is 3.91. The number of benzene rings is 1. The first-order valence-electron chi connectivity index (χ1n) is 8.36. The van der Waals surface area contributed by atoms with Gasteiger partial charge < -0.3 is 20.4 Å². The van der Waals surface area contributed by atoms with Crippen molar-refractivity contribution in [1.29, 1.82) is 0 Å². The maximum absolute atomic E-state index is 14.2. The van der Waals surface area contributed by atoms with Crippen LogP contribution in [0.5, 0.6) is 0 Å². The molecule has 1 unspecified atom stereocenters. The monoisotopic (exact) mass is 343 g/mol. The number of nitrogens with one attached hydrogen (secondary N) is 3. The Labute approximate surface area is 143 Å². The summed E-state index contributed by atoms with van der Waals surface area (Å²) in [5.74, 6) is 0.189. The third-order valence-corrected chi connectivity index (χ3v) is 4.69. The van der Waals surface area contributed by atoms with Crippen LogP contribution in [0.25, 0.3) is 0 Å². The number of hydrogen-bond donors (Lipinski definition) is 3. The van der Waals surface area contributed by atoms with Gasteiger partial charge in [0, 0.05) is 24.1 Å². The Morgan fingerprint density at radius 1 is 1.28 bits per heavy atom. The molecule has 130 valence electrons. The predicted molar refractivity (Wildman–Crippen MR) is 89.9 cm³/mol. The van der Waals surface area contributed by atoms with Crippen LogP contribution in [0.1, 0.15) is 42.2 Å². The van der Waals surface area contributed by atoms with Crippen LogP contribution in [0.3, 0.4) is 0 Å². The zero-order valence-electron chi connectivity index (χ0n) is 13.5. The molecule has 6 nitrogen and oxygen atoms in total. The lowest BCUT2D eigenvalue weighted by molar-refractivity contribution is -0.116. The molecule has 1 aromatic heterocycles. The fourth-order valence-electron chi connectivity index (χ4n) is 3.45. The largest absolute Gasteiger partial charge is 0.469 e. The molecule has 1 aliphatic carbocycles. The summed E-state index contributed by atoms with van der Waals surface area (Å²) >= 11 is 0. The predicted octanol–water partition coefficient (Wildman–Crippen LogP) is 3.50. The summed E-state index contributed by atoms with van der Waals surface area (Å²) in [6, 6.07) is 4.09. The Bertz CT molecular complexity index is 846. The smallest absolute Gasteiger partial charge is 0.319 e. The zero-order chi connectivity index (χ0) is 17.4. The number of amides is 3. The van der Waals surface area contributed by atoms with Gasteiger partial charge in [-0.1, -0.05) is 0 Å². The third-order valence-electron chi connectivity index (χ3n) is 4.69. The van der Waals surface area contributed by atoms with Crippen LogP contribution in [0.4, 0.5) is 20.6 Å². The second-order valence-corrected chi connectivity index (χ2v) is 6.38. The molecule has 2 aliphatic rings. The van der Waals surface area contributed by atoms with E-state index in [-0.39, 0.29) is 17.6 Å². The van der Waals surface area contributed by atoms with Gasteiger partial charge in [-0.05, 0) is 43.0 Å². The Hall–Kier alpha value is -2.83. The molecule has 0 bridgehead atoms. The van der Waals surface area contributed by atoms with Gasteiger partial charge in [0.05, 0.1) is 18.0 Å². The van der Waals surface area contributed by atoms with Crippen LogP contribution in [0.15, 0.2) is 28.9 Å². The minimum absolute atomic E-state index is 0.107. The SMILES string of the molecule is O=C1CCc2cc(NC(=O)NC3CCCc4occc43)c(F)cc2N1. The quantitative estimate of drug-likeness (QED) is 0.780. The van der Waals surface area contributed by atoms with Crippen molar-refractivity contribution in [2.75, 3.05) is 10.6 Å². The first-order valence-corrected chi connectivity index (χ1v) is 8.36. The highest BCUT2D eigenvalue weighted by atomic mass is 19.1. The molecule has 2 heterocycles. The molecule has 1 aliphatic heterocycles. The number of carbonyl (C=O) groups excluding carboxylic acids is 2. The van der Waals surface area contributed by atoms with Crippen molar-refractivity contribution >= 4 is 23.3 Å². The first kappa shape index (κ1) is 15.7. The van der Waals surface area contributed by atoms with E-state index in [1.54, 1.807) is 12.3 Å². The van der Waals surface area contributed by atoms with Gasteiger partial charge in [-0.15, -0.1) is 0 Å². The fourth-order valence-corrected chi connectivity index (χ4v) is 3.45. The van der Waals surface area contributed by atoms with Gasteiger partial charge in [0.1, 0.15) is 11.6 Å². The molecule has 1 atom stereocenters. The highest BCUT2D eigenvalue weighted by Crippen LogP contribution is 2.31. The minimum Gasteiger partial charge on any atom is -0.469 e. The molecular formula is C18H18FN3O3. The van der Waals surface area contributed by atoms with Crippen LogP contribution in [-0.2, 0) is 17.6 Å². The van der Waals surface area contributed by atoms with E-state index in [0.29, 0.717) is 18.5 Å². The van der Waals surface area contributed by atoms with E-state index < -0.39 is 11.8 Å². The van der Waals surface area contributed by atoms with Gasteiger partial charge >= 0.3 is 6.03 Å². The van der Waals surface area contributed by atoms with E-state index >= 15 is 0 Å². The van der Waals surface area contributed by atoms with Gasteiger partial charge in [0.2, 0.25) is 5.91 Å². The first-order chi connectivity index (χ1) is 12.1. The molecule has 3 N–H and O–H groups in total. The highest BCUT2D eigenvalue weighted by molar-refractivity contribution is 5.95. The normalized spacial score (nSPS) is 18.8. The molecule has 0 radical (unpaired) electrons. The van der Waals surface area contributed by atoms with E-state index in [0.717, 1.165) is 36.1 Å². The second kappa shape index (κ2) is 6.23. The maximum Gasteiger partial charge on any atom is 0.319 e. The molecule has 7 heteroatoms. The molecule has 0 spiro atoms. The lowest BCUT2D eigenvalue weighted by Gasteiger charge is -2.23. The van der Waals surface area contributed by atoms with Gasteiger partial charge in [-0.2, -0.15) is 0 Å². The summed E-state index contributed by atoms with van der Waals surface area (Å²) in [7, 11) is 0. The van der Waals surface area contributed by atoms with Crippen molar-refractivity contribution in [2.45, 2.75) is 38.1 Å². The Balaban J connectivity index is 1.48. The molecule has 4 rings (SSSR count). The topological polar surface area (TPSA) is 83.4 Å². The molecule has 0 fully saturated rings. The summed E-state index contributed by atoms with van der Waals surface area (Å²) in [6.07, 6.45) is 5.12. The van der Waals surface area contributed by atoms with Crippen LogP contribution >= 0.6 is 0 Å². The maximum atomic E-state index is 14.2. The number of urea groups is 1. The summed E-state index contributed by atoms with van der Waals surface area (Å²) in [4.78, 5) is 23.7. The number of furan rings is 1. The van der Waals surface area contributed by atoms with Crippen LogP contribution in [0, 0.1) is 5.82 Å². The van der Waals surface area contributed by atoms with E-state index in [1.807, 2.05) is 6.07 Å². The van der Waals surface area contributed by atoms with Gasteiger partial charge in [-0.3, -0.25) is 4.79 Å². The van der Waals surface area contributed by atoms with Crippen molar-refractivity contribution in [2.24, 2.45) is 0 Å². The van der Waals surface area contributed by atoms with Crippen molar-refractivity contribution < 1.29 is 18.4 Å². The Morgan fingerprint density at radius 2 is 2.16 bits per heavy atom. The standard InChI is InChI=1S/C18H18FN3O3/c19-12-9-14-10(4-5-17(23)20-14)8-15(12)22-18(24)21-13-2-1-3-16-11(13)6-7-25-16/h6-9,13H,1-5H2,(H,20,23)(H2,21,22,24). The van der Waals surface area contributed by atoms with Gasteiger partial charge in [0.25, 0.3) is 0 Å². The van der Waals surface area contributed by atoms with E-state index in [9.17, 15) is 14.0 Å². The zero-order valence-corrected chi connectivity index (χ0v) is 13.5. The molecule has 3 amide bonds. The summed E-state index contributed by atoms with van der Waals surface area (Å²) in [6.45, 7) is 0. The number of rotatable bonds is 2. The minimum atomic E-state index is -0.580. The molecule has 1 aromatic carbocycles. The average Bonchev–Trinajstić information content (AvgIpc) is 3.05. The van der Waals surface area contributed by atoms with Crippen molar-refractivity contribution in [3.8, 4) is 0 Å². The average molecular weight is 343 g/mol.